The van der Waals surface area contributed by atoms with E-state index < -0.39 is 12.2 Å². The Morgan fingerprint density at radius 1 is 1.13 bits per heavy atom. The van der Waals surface area contributed by atoms with Crippen LogP contribution in [0.5, 0.6) is 0 Å². The topological polar surface area (TPSA) is 40.5 Å². The van der Waals surface area contributed by atoms with Crippen LogP contribution in [0, 0.1) is 0 Å². The molecule has 1 rings (SSSR count). The predicted octanol–water partition coefficient (Wildman–Crippen LogP) is 0.956. The van der Waals surface area contributed by atoms with Crippen LogP contribution in [0.15, 0.2) is 30.3 Å². The quantitative estimate of drug-likeness (QED) is 0.758. The molecular weight excluding hydrogens is 255 g/mol. The SMILES string of the molecule is CCC[C@@H](O)[C@H](O)C[Se]c1ccccc1. The van der Waals surface area contributed by atoms with Gasteiger partial charge in [0.25, 0.3) is 0 Å². The van der Waals surface area contributed by atoms with Gasteiger partial charge in [0.2, 0.25) is 0 Å². The third-order valence-electron chi connectivity index (χ3n) is 2.19. The second-order valence-electron chi connectivity index (χ2n) is 3.55. The predicted molar refractivity (Wildman–Crippen MR) is 63.6 cm³/mol. The van der Waals surface area contributed by atoms with Crippen LogP contribution >= 0.6 is 0 Å². The van der Waals surface area contributed by atoms with E-state index in [1.165, 1.54) is 4.46 Å². The van der Waals surface area contributed by atoms with Crippen molar-refractivity contribution in [1.29, 1.82) is 0 Å². The molecule has 1 aromatic rings. The van der Waals surface area contributed by atoms with E-state index in [-0.39, 0.29) is 15.0 Å². The Bertz CT molecular complexity index is 264. The Hall–Kier alpha value is -0.341. The van der Waals surface area contributed by atoms with Crippen LogP contribution in [0.2, 0.25) is 5.32 Å². The van der Waals surface area contributed by atoms with Gasteiger partial charge in [-0.1, -0.05) is 0 Å². The fraction of sp³-hybridized carbons (Fsp3) is 0.500. The summed E-state index contributed by atoms with van der Waals surface area (Å²) in [6, 6.07) is 10.1. The zero-order chi connectivity index (χ0) is 11.1. The van der Waals surface area contributed by atoms with Crippen LogP contribution in [0.25, 0.3) is 0 Å². The summed E-state index contributed by atoms with van der Waals surface area (Å²) in [7, 11) is 0. The molecule has 3 heteroatoms. The first-order valence-corrected chi connectivity index (χ1v) is 7.34. The molecule has 0 saturated carbocycles. The number of hydrogen-bond donors (Lipinski definition) is 2. The summed E-state index contributed by atoms with van der Waals surface area (Å²) in [5.41, 5.74) is 0. The third-order valence-corrected chi connectivity index (χ3v) is 4.53. The average Bonchev–Trinajstić information content (AvgIpc) is 2.27. The van der Waals surface area contributed by atoms with Crippen LogP contribution in [0.4, 0.5) is 0 Å². The Kier molecular flexibility index (Phi) is 5.96. The monoisotopic (exact) mass is 274 g/mol. The van der Waals surface area contributed by atoms with Crippen LogP contribution in [0.1, 0.15) is 19.8 Å². The summed E-state index contributed by atoms with van der Waals surface area (Å²) in [4.78, 5) is 0. The van der Waals surface area contributed by atoms with Crippen LogP contribution in [0.3, 0.4) is 0 Å². The number of aliphatic hydroxyl groups excluding tert-OH is 2. The molecule has 0 aliphatic heterocycles. The van der Waals surface area contributed by atoms with Crippen LogP contribution in [-0.2, 0) is 0 Å². The maximum atomic E-state index is 9.68. The van der Waals surface area contributed by atoms with Crippen molar-refractivity contribution in [3.63, 3.8) is 0 Å². The molecule has 84 valence electrons. The molecule has 0 aromatic heterocycles. The van der Waals surface area contributed by atoms with Gasteiger partial charge in [-0.05, 0) is 0 Å². The van der Waals surface area contributed by atoms with Gasteiger partial charge in [-0.2, -0.15) is 0 Å². The first kappa shape index (κ1) is 12.7. The number of aliphatic hydroxyl groups is 2. The van der Waals surface area contributed by atoms with Gasteiger partial charge in [0.05, 0.1) is 0 Å². The fourth-order valence-corrected chi connectivity index (χ4v) is 3.26. The summed E-state index contributed by atoms with van der Waals surface area (Å²) in [5, 5.41) is 19.9. The molecule has 0 heterocycles. The second-order valence-corrected chi connectivity index (χ2v) is 5.84. The van der Waals surface area contributed by atoms with Crippen molar-refractivity contribution >= 4 is 19.4 Å². The molecule has 15 heavy (non-hydrogen) atoms. The van der Waals surface area contributed by atoms with Gasteiger partial charge in [-0.25, -0.2) is 0 Å². The Labute approximate surface area is 97.5 Å². The average molecular weight is 273 g/mol. The molecule has 2 atom stereocenters. The first-order chi connectivity index (χ1) is 7.24. The Morgan fingerprint density at radius 3 is 2.40 bits per heavy atom. The van der Waals surface area contributed by atoms with E-state index in [1.807, 2.05) is 25.1 Å². The van der Waals surface area contributed by atoms with E-state index in [9.17, 15) is 10.2 Å². The minimum atomic E-state index is -0.565. The molecule has 0 aliphatic rings. The molecule has 0 unspecified atom stereocenters. The summed E-state index contributed by atoms with van der Waals surface area (Å²) >= 11 is 0.259. The van der Waals surface area contributed by atoms with E-state index in [2.05, 4.69) is 12.1 Å². The second kappa shape index (κ2) is 7.02. The number of benzene rings is 1. The fourth-order valence-electron chi connectivity index (χ4n) is 1.30. The first-order valence-electron chi connectivity index (χ1n) is 5.28. The minimum absolute atomic E-state index is 0.259. The Balaban J connectivity index is 2.31. The molecule has 0 fully saturated rings. The molecule has 0 amide bonds. The van der Waals surface area contributed by atoms with Crippen molar-refractivity contribution in [2.24, 2.45) is 0 Å². The van der Waals surface area contributed by atoms with Gasteiger partial charge in [-0.15, -0.1) is 0 Å². The molecule has 0 bridgehead atoms. The maximum absolute atomic E-state index is 9.68. The summed E-state index contributed by atoms with van der Waals surface area (Å²) in [5.74, 6) is 0. The van der Waals surface area contributed by atoms with Crippen LogP contribution in [-0.4, -0.2) is 37.4 Å². The van der Waals surface area contributed by atoms with E-state index in [4.69, 9.17) is 0 Å². The van der Waals surface area contributed by atoms with E-state index in [0.717, 1.165) is 6.42 Å². The van der Waals surface area contributed by atoms with Crippen molar-refractivity contribution in [2.75, 3.05) is 0 Å². The van der Waals surface area contributed by atoms with E-state index in [0.29, 0.717) is 11.7 Å². The van der Waals surface area contributed by atoms with Crippen molar-refractivity contribution in [1.82, 2.24) is 0 Å². The summed E-state index contributed by atoms with van der Waals surface area (Å²) < 4.78 is 1.27. The van der Waals surface area contributed by atoms with Gasteiger partial charge in [-0.3, -0.25) is 0 Å². The molecule has 1 aromatic carbocycles. The molecule has 2 nitrogen and oxygen atoms in total. The third kappa shape index (κ3) is 4.80. The van der Waals surface area contributed by atoms with E-state index >= 15 is 0 Å². The Morgan fingerprint density at radius 2 is 1.80 bits per heavy atom. The normalized spacial score (nSPS) is 14.9. The van der Waals surface area contributed by atoms with Gasteiger partial charge < -0.3 is 0 Å². The summed E-state index contributed by atoms with van der Waals surface area (Å²) in [6.07, 6.45) is 0.480. The molecule has 0 saturated heterocycles. The van der Waals surface area contributed by atoms with Gasteiger partial charge in [0.15, 0.2) is 0 Å². The molecule has 0 radical (unpaired) electrons. The van der Waals surface area contributed by atoms with Crippen LogP contribution < -0.4 is 4.46 Å². The molecule has 2 N–H and O–H groups in total. The van der Waals surface area contributed by atoms with Gasteiger partial charge >= 0.3 is 97.3 Å². The van der Waals surface area contributed by atoms with E-state index in [1.54, 1.807) is 0 Å². The molecular formula is C12H18O2Se. The summed E-state index contributed by atoms with van der Waals surface area (Å²) in [6.45, 7) is 2.01. The van der Waals surface area contributed by atoms with Crippen molar-refractivity contribution in [3.8, 4) is 0 Å². The van der Waals surface area contributed by atoms with Crippen molar-refractivity contribution in [2.45, 2.75) is 37.3 Å². The van der Waals surface area contributed by atoms with Gasteiger partial charge in [0.1, 0.15) is 0 Å². The van der Waals surface area contributed by atoms with Gasteiger partial charge in [0, 0.05) is 0 Å². The molecule has 0 aliphatic carbocycles. The zero-order valence-corrected chi connectivity index (χ0v) is 10.7. The molecule has 0 spiro atoms. The van der Waals surface area contributed by atoms with Crippen molar-refractivity contribution < 1.29 is 10.2 Å². The zero-order valence-electron chi connectivity index (χ0n) is 8.97. The number of rotatable bonds is 6. The standard InChI is InChI=1S/C12H18O2Se/c1-2-6-11(13)12(14)9-15-10-7-4-3-5-8-10/h3-5,7-8,11-14H,2,6,9H2,1H3/t11-,12-/m1/s1. The van der Waals surface area contributed by atoms with Crippen molar-refractivity contribution in [3.05, 3.63) is 30.3 Å². The number of hydrogen-bond acceptors (Lipinski definition) is 2.